The van der Waals surface area contributed by atoms with Crippen LogP contribution in [-0.4, -0.2) is 59.0 Å². The second-order valence-electron chi connectivity index (χ2n) is 8.81. The van der Waals surface area contributed by atoms with Crippen LogP contribution in [0.25, 0.3) is 0 Å². The van der Waals surface area contributed by atoms with E-state index in [1.54, 1.807) is 13.1 Å². The van der Waals surface area contributed by atoms with Gasteiger partial charge in [0.2, 0.25) is 11.8 Å². The molecular weight excluding hydrogens is 416 g/mol. The number of anilines is 1. The highest BCUT2D eigenvalue weighted by molar-refractivity contribution is 5.88. The molecule has 7 nitrogen and oxygen atoms in total. The van der Waals surface area contributed by atoms with Crippen LogP contribution in [0.2, 0.25) is 0 Å². The number of allylic oxidation sites excluding steroid dienone is 2. The van der Waals surface area contributed by atoms with Crippen LogP contribution in [0.4, 0.5) is 5.82 Å². The topological polar surface area (TPSA) is 85.8 Å². The average Bonchev–Trinajstić information content (AvgIpc) is 2.89. The van der Waals surface area contributed by atoms with Crippen molar-refractivity contribution in [2.75, 3.05) is 31.1 Å². The Kier molecular flexibility index (Phi) is 7.40. The van der Waals surface area contributed by atoms with E-state index in [0.29, 0.717) is 25.9 Å². The van der Waals surface area contributed by atoms with E-state index in [4.69, 9.17) is 0 Å². The fourth-order valence-electron chi connectivity index (χ4n) is 4.66. The molecule has 2 aliphatic rings. The maximum absolute atomic E-state index is 13.4. The summed E-state index contributed by atoms with van der Waals surface area (Å²) in [6.07, 6.45) is 6.05. The van der Waals surface area contributed by atoms with Crippen LogP contribution in [0.5, 0.6) is 0 Å². The highest BCUT2D eigenvalue weighted by atomic mass is 16.3. The number of nitrogens with one attached hydrogen (secondary N) is 1. The molecule has 174 valence electrons. The second kappa shape index (κ2) is 10.6. The predicted octanol–water partition coefficient (Wildman–Crippen LogP) is 2.55. The molecule has 2 aromatic rings. The molecule has 4 rings (SSSR count). The van der Waals surface area contributed by atoms with Crippen molar-refractivity contribution in [3.8, 4) is 0 Å². The van der Waals surface area contributed by atoms with Gasteiger partial charge in [0.05, 0.1) is 24.0 Å². The number of benzene rings is 1. The molecule has 2 N–H and O–H groups in total. The van der Waals surface area contributed by atoms with Crippen molar-refractivity contribution in [1.82, 2.24) is 15.2 Å². The first kappa shape index (κ1) is 23.0. The molecule has 2 heterocycles. The van der Waals surface area contributed by atoms with Crippen molar-refractivity contribution >= 4 is 17.6 Å². The molecular formula is C26H32N4O3. The minimum absolute atomic E-state index is 0.0384. The van der Waals surface area contributed by atoms with Gasteiger partial charge in [-0.05, 0) is 37.5 Å². The number of piperazine rings is 1. The van der Waals surface area contributed by atoms with E-state index in [2.05, 4.69) is 15.2 Å². The summed E-state index contributed by atoms with van der Waals surface area (Å²) in [6, 6.07) is 14.7. The summed E-state index contributed by atoms with van der Waals surface area (Å²) < 4.78 is 0. The molecule has 1 aromatic heterocycles. The fraction of sp³-hybridized carbons (Fsp3) is 0.423. The van der Waals surface area contributed by atoms with Gasteiger partial charge in [0.15, 0.2) is 0 Å². The number of carbonyl (C=O) groups is 2. The van der Waals surface area contributed by atoms with Crippen molar-refractivity contribution < 1.29 is 14.7 Å². The Labute approximate surface area is 195 Å². The van der Waals surface area contributed by atoms with Crippen LogP contribution in [0, 0.1) is 11.8 Å². The Morgan fingerprint density at radius 3 is 2.30 bits per heavy atom. The first-order valence-electron chi connectivity index (χ1n) is 11.7. The normalized spacial score (nSPS) is 22.5. The molecule has 33 heavy (non-hydrogen) atoms. The first-order valence-corrected chi connectivity index (χ1v) is 11.7. The molecule has 2 amide bonds. The third-order valence-corrected chi connectivity index (χ3v) is 6.64. The highest BCUT2D eigenvalue weighted by Crippen LogP contribution is 2.29. The Balaban J connectivity index is 1.36. The maximum Gasteiger partial charge on any atom is 0.226 e. The monoisotopic (exact) mass is 448 g/mol. The molecule has 1 aliphatic carbocycles. The smallest absolute Gasteiger partial charge is 0.226 e. The highest BCUT2D eigenvalue weighted by Gasteiger charge is 2.38. The first-order chi connectivity index (χ1) is 16.0. The lowest BCUT2D eigenvalue weighted by Gasteiger charge is -2.38. The van der Waals surface area contributed by atoms with Crippen LogP contribution in [0.15, 0.2) is 66.9 Å². The fourth-order valence-corrected chi connectivity index (χ4v) is 4.66. The Hall–Kier alpha value is -3.19. The van der Waals surface area contributed by atoms with Crippen LogP contribution in [-0.2, 0) is 9.59 Å². The second-order valence-corrected chi connectivity index (χ2v) is 8.81. The summed E-state index contributed by atoms with van der Waals surface area (Å²) in [5.41, 5.74) is 0.757. The number of amides is 2. The largest absolute Gasteiger partial charge is 0.386 e. The third kappa shape index (κ3) is 5.42. The van der Waals surface area contributed by atoms with Crippen LogP contribution in [0.3, 0.4) is 0 Å². The van der Waals surface area contributed by atoms with Gasteiger partial charge < -0.3 is 20.2 Å². The van der Waals surface area contributed by atoms with Gasteiger partial charge in [0, 0.05) is 32.4 Å². The molecule has 1 fully saturated rings. The zero-order valence-corrected chi connectivity index (χ0v) is 19.0. The van der Waals surface area contributed by atoms with E-state index in [1.807, 2.05) is 65.6 Å². The lowest BCUT2D eigenvalue weighted by molar-refractivity contribution is -0.142. The number of carbonyl (C=O) groups excluding carboxylic acids is 2. The number of hydrogen-bond donors (Lipinski definition) is 2. The van der Waals surface area contributed by atoms with Gasteiger partial charge in [0.1, 0.15) is 5.82 Å². The average molecular weight is 449 g/mol. The zero-order valence-electron chi connectivity index (χ0n) is 19.0. The van der Waals surface area contributed by atoms with Crippen molar-refractivity contribution in [3.63, 3.8) is 0 Å². The van der Waals surface area contributed by atoms with E-state index in [1.165, 1.54) is 0 Å². The summed E-state index contributed by atoms with van der Waals surface area (Å²) in [7, 11) is 0. The van der Waals surface area contributed by atoms with Gasteiger partial charge >= 0.3 is 0 Å². The van der Waals surface area contributed by atoms with Crippen molar-refractivity contribution in [2.45, 2.75) is 31.9 Å². The molecule has 2 unspecified atom stereocenters. The summed E-state index contributed by atoms with van der Waals surface area (Å²) in [6.45, 7) is 4.48. The number of pyridine rings is 1. The van der Waals surface area contributed by atoms with E-state index < -0.39 is 18.1 Å². The van der Waals surface area contributed by atoms with Crippen LogP contribution < -0.4 is 10.2 Å². The number of nitrogens with zero attached hydrogens (tertiary/aromatic N) is 3. The van der Waals surface area contributed by atoms with Crippen molar-refractivity contribution in [2.24, 2.45) is 11.8 Å². The van der Waals surface area contributed by atoms with E-state index in [-0.39, 0.29) is 17.7 Å². The molecule has 0 spiro atoms. The lowest BCUT2D eigenvalue weighted by atomic mass is 9.81. The Morgan fingerprint density at radius 1 is 0.970 bits per heavy atom. The van der Waals surface area contributed by atoms with Gasteiger partial charge in [-0.1, -0.05) is 48.6 Å². The number of aromatic nitrogens is 1. The number of aliphatic hydroxyl groups excluding tert-OH is 1. The molecule has 1 aromatic carbocycles. The zero-order chi connectivity index (χ0) is 23.2. The van der Waals surface area contributed by atoms with Crippen LogP contribution >= 0.6 is 0 Å². The van der Waals surface area contributed by atoms with Gasteiger partial charge in [-0.3, -0.25) is 9.59 Å². The van der Waals surface area contributed by atoms with Gasteiger partial charge in [-0.15, -0.1) is 0 Å². The van der Waals surface area contributed by atoms with Crippen molar-refractivity contribution in [3.05, 3.63) is 72.4 Å². The Morgan fingerprint density at radius 2 is 1.64 bits per heavy atom. The Bertz CT molecular complexity index is 958. The molecule has 1 aliphatic heterocycles. The summed E-state index contributed by atoms with van der Waals surface area (Å²) in [5, 5.41) is 13.6. The van der Waals surface area contributed by atoms with Crippen LogP contribution in [0.1, 0.15) is 31.4 Å². The van der Waals surface area contributed by atoms with E-state index >= 15 is 0 Å². The van der Waals surface area contributed by atoms with Gasteiger partial charge in [0.25, 0.3) is 0 Å². The van der Waals surface area contributed by atoms with E-state index in [0.717, 1.165) is 24.5 Å². The third-order valence-electron chi connectivity index (χ3n) is 6.64. The summed E-state index contributed by atoms with van der Waals surface area (Å²) >= 11 is 0. The maximum atomic E-state index is 13.4. The summed E-state index contributed by atoms with van der Waals surface area (Å²) in [5.74, 6) is -0.0173. The lowest BCUT2D eigenvalue weighted by Crippen LogP contribution is -2.53. The molecule has 0 saturated carbocycles. The molecule has 1 saturated heterocycles. The molecule has 0 radical (unpaired) electrons. The van der Waals surface area contributed by atoms with Crippen molar-refractivity contribution in [1.29, 1.82) is 0 Å². The van der Waals surface area contributed by atoms with Gasteiger partial charge in [-0.2, -0.15) is 0 Å². The van der Waals surface area contributed by atoms with Gasteiger partial charge in [-0.25, -0.2) is 4.98 Å². The minimum Gasteiger partial charge on any atom is -0.386 e. The molecule has 0 bridgehead atoms. The standard InChI is InChI=1S/C26H32N4O3/c1-19(24(31)20-9-3-2-4-10-20)28-25(32)21-11-5-6-12-22(21)26(33)30-17-15-29(16-18-30)23-13-7-8-14-27-23/h2-10,13-14,19,21-22,24,31H,11-12,15-18H2,1H3,(H,28,32)/t19-,21?,22?,24-/m0/s1. The van der Waals surface area contributed by atoms with E-state index in [9.17, 15) is 14.7 Å². The minimum atomic E-state index is -0.803. The molecule has 7 heteroatoms. The number of hydrogen-bond acceptors (Lipinski definition) is 5. The quantitative estimate of drug-likeness (QED) is 0.664. The number of aliphatic hydroxyl groups is 1. The SMILES string of the molecule is C[C@H](NC(=O)C1CC=CCC1C(=O)N1CCN(c2ccccn2)CC1)[C@H](O)c1ccccc1. The number of rotatable bonds is 6. The predicted molar refractivity (Wildman–Crippen MR) is 127 cm³/mol. The molecule has 4 atom stereocenters. The summed E-state index contributed by atoms with van der Waals surface area (Å²) in [4.78, 5) is 35.0.